The van der Waals surface area contributed by atoms with Crippen LogP contribution in [0.25, 0.3) is 0 Å². The molecule has 1 aliphatic rings. The van der Waals surface area contributed by atoms with E-state index in [4.69, 9.17) is 5.73 Å². The van der Waals surface area contributed by atoms with Gasteiger partial charge in [0.25, 0.3) is 0 Å². The van der Waals surface area contributed by atoms with E-state index >= 15 is 0 Å². The highest BCUT2D eigenvalue weighted by Crippen LogP contribution is 2.41. The van der Waals surface area contributed by atoms with E-state index in [-0.39, 0.29) is 0 Å². The molecule has 0 bridgehead atoms. The first-order valence-corrected chi connectivity index (χ1v) is 8.48. The van der Waals surface area contributed by atoms with Gasteiger partial charge >= 0.3 is 0 Å². The van der Waals surface area contributed by atoms with E-state index < -0.39 is 0 Å². The fourth-order valence-electron chi connectivity index (χ4n) is 4.23. The highest BCUT2D eigenvalue weighted by molar-refractivity contribution is 5.40. The van der Waals surface area contributed by atoms with Crippen molar-refractivity contribution in [1.29, 1.82) is 0 Å². The molecule has 1 aliphatic heterocycles. The second-order valence-corrected chi connectivity index (χ2v) is 6.99. The lowest BCUT2D eigenvalue weighted by Crippen LogP contribution is -2.35. The molecule has 0 radical (unpaired) electrons. The van der Waals surface area contributed by atoms with Crippen molar-refractivity contribution in [3.8, 4) is 0 Å². The normalized spacial score (nSPS) is 19.9. The Kier molecular flexibility index (Phi) is 5.11. The Labute approximate surface area is 130 Å². The number of hydrogen-bond donors (Lipinski definition) is 1. The number of nitrogens with two attached hydrogens (primary N) is 1. The Morgan fingerprint density at radius 2 is 1.71 bits per heavy atom. The van der Waals surface area contributed by atoms with Gasteiger partial charge in [0.2, 0.25) is 0 Å². The molecule has 1 saturated heterocycles. The Hall–Kier alpha value is -0.860. The number of rotatable bonds is 5. The number of aryl methyl sites for hydroxylation is 3. The molecule has 1 fully saturated rings. The summed E-state index contributed by atoms with van der Waals surface area (Å²) in [5.74, 6) is 0. The molecular weight excluding hydrogens is 256 g/mol. The lowest BCUT2D eigenvalue weighted by Gasteiger charge is -2.32. The summed E-state index contributed by atoms with van der Waals surface area (Å²) in [5, 5.41) is 0. The van der Waals surface area contributed by atoms with Crippen LogP contribution in [0.5, 0.6) is 0 Å². The molecule has 0 spiro atoms. The van der Waals surface area contributed by atoms with Crippen LogP contribution in [0.1, 0.15) is 61.4 Å². The molecule has 2 rings (SSSR count). The first kappa shape index (κ1) is 16.5. The summed E-state index contributed by atoms with van der Waals surface area (Å²) in [7, 11) is 0. The fraction of sp³-hybridized carbons (Fsp3) is 0.684. The second-order valence-electron chi connectivity index (χ2n) is 6.99. The van der Waals surface area contributed by atoms with E-state index in [1.807, 2.05) is 0 Å². The second kappa shape index (κ2) is 6.50. The topological polar surface area (TPSA) is 29.3 Å². The zero-order valence-electron chi connectivity index (χ0n) is 14.5. The third-order valence-electron chi connectivity index (χ3n) is 5.70. The summed E-state index contributed by atoms with van der Waals surface area (Å²) >= 11 is 0. The van der Waals surface area contributed by atoms with Crippen LogP contribution in [0.3, 0.4) is 0 Å². The zero-order chi connectivity index (χ0) is 15.6. The van der Waals surface area contributed by atoms with E-state index in [1.165, 1.54) is 54.6 Å². The largest absolute Gasteiger partial charge is 0.329 e. The number of likely N-dealkylation sites (tertiary alicyclic amines) is 1. The average molecular weight is 288 g/mol. The minimum Gasteiger partial charge on any atom is -0.329 e. The smallest absolute Gasteiger partial charge is 0.0475 e. The van der Waals surface area contributed by atoms with Gasteiger partial charge in [-0.15, -0.1) is 0 Å². The minimum absolute atomic E-state index is 0.380. The van der Waals surface area contributed by atoms with Gasteiger partial charge in [0, 0.05) is 19.1 Å². The van der Waals surface area contributed by atoms with Crippen LogP contribution in [-0.2, 0) is 0 Å². The zero-order valence-corrected chi connectivity index (χ0v) is 14.5. The average Bonchev–Trinajstić information content (AvgIpc) is 2.87. The Morgan fingerprint density at radius 3 is 2.14 bits per heavy atom. The molecular formula is C19H32N2. The summed E-state index contributed by atoms with van der Waals surface area (Å²) < 4.78 is 0. The van der Waals surface area contributed by atoms with Crippen molar-refractivity contribution in [3.63, 3.8) is 0 Å². The standard InChI is InChI=1S/C19H32N2/c1-6-19(7-2)8-9-21(13-19)17(12-20)18-15(4)10-14(3)11-16(18)5/h10-11,17H,6-9,12-13,20H2,1-5H3. The molecule has 2 N–H and O–H groups in total. The molecule has 0 aromatic heterocycles. The molecule has 1 aromatic rings. The van der Waals surface area contributed by atoms with Crippen molar-refractivity contribution in [3.05, 3.63) is 34.4 Å². The van der Waals surface area contributed by atoms with Crippen molar-refractivity contribution in [2.75, 3.05) is 19.6 Å². The van der Waals surface area contributed by atoms with Gasteiger partial charge in [0.05, 0.1) is 0 Å². The van der Waals surface area contributed by atoms with Crippen molar-refractivity contribution >= 4 is 0 Å². The van der Waals surface area contributed by atoms with Crippen molar-refractivity contribution < 1.29 is 0 Å². The summed E-state index contributed by atoms with van der Waals surface area (Å²) in [6.07, 6.45) is 3.88. The third-order valence-corrected chi connectivity index (χ3v) is 5.70. The summed E-state index contributed by atoms with van der Waals surface area (Å²) in [5.41, 5.74) is 12.3. The van der Waals surface area contributed by atoms with E-state index in [9.17, 15) is 0 Å². The first-order valence-electron chi connectivity index (χ1n) is 8.48. The Balaban J connectivity index is 2.30. The Bertz CT molecular complexity index is 465. The van der Waals surface area contributed by atoms with Crippen molar-refractivity contribution in [1.82, 2.24) is 4.90 Å². The van der Waals surface area contributed by atoms with Gasteiger partial charge < -0.3 is 5.73 Å². The van der Waals surface area contributed by atoms with Crippen molar-refractivity contribution in [2.24, 2.45) is 11.1 Å². The summed E-state index contributed by atoms with van der Waals surface area (Å²) in [4.78, 5) is 2.64. The Morgan fingerprint density at radius 1 is 1.14 bits per heavy atom. The number of nitrogens with zero attached hydrogens (tertiary/aromatic N) is 1. The summed E-state index contributed by atoms with van der Waals surface area (Å²) in [6, 6.07) is 4.98. The quantitative estimate of drug-likeness (QED) is 0.883. The highest BCUT2D eigenvalue weighted by Gasteiger charge is 2.38. The first-order chi connectivity index (χ1) is 9.96. The van der Waals surface area contributed by atoms with Crippen LogP contribution >= 0.6 is 0 Å². The molecule has 1 unspecified atom stereocenters. The minimum atomic E-state index is 0.380. The van der Waals surface area contributed by atoms with E-state index in [1.54, 1.807) is 0 Å². The predicted octanol–water partition coefficient (Wildman–Crippen LogP) is 4.12. The monoisotopic (exact) mass is 288 g/mol. The summed E-state index contributed by atoms with van der Waals surface area (Å²) in [6.45, 7) is 14.4. The molecule has 21 heavy (non-hydrogen) atoms. The van der Waals surface area contributed by atoms with Gasteiger partial charge in [-0.25, -0.2) is 0 Å². The lowest BCUT2D eigenvalue weighted by atomic mass is 9.82. The SMILES string of the molecule is CCC1(CC)CCN(C(CN)c2c(C)cc(C)cc2C)C1. The van der Waals surface area contributed by atoms with Gasteiger partial charge in [0.15, 0.2) is 0 Å². The van der Waals surface area contributed by atoms with E-state index in [2.05, 4.69) is 51.7 Å². The van der Waals surface area contributed by atoms with Crippen LogP contribution in [0.15, 0.2) is 12.1 Å². The molecule has 2 nitrogen and oxygen atoms in total. The molecule has 0 saturated carbocycles. The molecule has 1 heterocycles. The van der Waals surface area contributed by atoms with Gasteiger partial charge in [0.1, 0.15) is 0 Å². The number of benzene rings is 1. The fourth-order valence-corrected chi connectivity index (χ4v) is 4.23. The molecule has 118 valence electrons. The number of hydrogen-bond acceptors (Lipinski definition) is 2. The van der Waals surface area contributed by atoms with Gasteiger partial charge in [-0.3, -0.25) is 4.90 Å². The van der Waals surface area contributed by atoms with Crippen LogP contribution in [-0.4, -0.2) is 24.5 Å². The van der Waals surface area contributed by atoms with Crippen molar-refractivity contribution in [2.45, 2.75) is 59.9 Å². The van der Waals surface area contributed by atoms with Crippen LogP contribution in [0, 0.1) is 26.2 Å². The van der Waals surface area contributed by atoms with Crippen LogP contribution in [0.2, 0.25) is 0 Å². The maximum atomic E-state index is 6.19. The third kappa shape index (κ3) is 3.17. The highest BCUT2D eigenvalue weighted by atomic mass is 15.2. The van der Waals surface area contributed by atoms with Gasteiger partial charge in [-0.2, -0.15) is 0 Å². The van der Waals surface area contributed by atoms with Gasteiger partial charge in [-0.1, -0.05) is 31.5 Å². The molecule has 0 amide bonds. The predicted molar refractivity (Wildman–Crippen MR) is 91.7 cm³/mol. The van der Waals surface area contributed by atoms with Crippen LogP contribution < -0.4 is 5.73 Å². The lowest BCUT2D eigenvalue weighted by molar-refractivity contribution is 0.197. The van der Waals surface area contributed by atoms with Crippen LogP contribution in [0.4, 0.5) is 0 Å². The maximum Gasteiger partial charge on any atom is 0.0475 e. The molecule has 1 atom stereocenters. The molecule has 1 aromatic carbocycles. The molecule has 2 heteroatoms. The van der Waals surface area contributed by atoms with E-state index in [0.717, 1.165) is 0 Å². The molecule has 0 aliphatic carbocycles. The maximum absolute atomic E-state index is 6.19. The van der Waals surface area contributed by atoms with E-state index in [0.29, 0.717) is 18.0 Å². The van der Waals surface area contributed by atoms with Gasteiger partial charge in [-0.05, 0) is 68.7 Å².